The van der Waals surface area contributed by atoms with E-state index in [-0.39, 0.29) is 0 Å². The molecule has 3 N–H and O–H groups in total. The topological polar surface area (TPSA) is 46.2 Å². The lowest BCUT2D eigenvalue weighted by Crippen LogP contribution is -2.23. The number of thiophene rings is 1. The molecule has 19 heavy (non-hydrogen) atoms. The maximum absolute atomic E-state index is 10.6. The van der Waals surface area contributed by atoms with Crippen molar-refractivity contribution in [3.63, 3.8) is 0 Å². The first-order valence-electron chi connectivity index (χ1n) is 6.65. The van der Waals surface area contributed by atoms with Crippen LogP contribution in [-0.4, -0.2) is 5.11 Å². The van der Waals surface area contributed by atoms with Gasteiger partial charge in [0.05, 0.1) is 5.60 Å². The van der Waals surface area contributed by atoms with Gasteiger partial charge in [-0.05, 0) is 46.5 Å². The van der Waals surface area contributed by atoms with Crippen molar-refractivity contribution in [1.82, 2.24) is 0 Å². The number of hydrogen-bond acceptors (Lipinski definition) is 3. The van der Waals surface area contributed by atoms with Crippen LogP contribution in [0.5, 0.6) is 0 Å². The van der Waals surface area contributed by atoms with E-state index in [0.29, 0.717) is 19.4 Å². The highest BCUT2D eigenvalue weighted by Crippen LogP contribution is 2.33. The molecule has 0 fully saturated rings. The highest BCUT2D eigenvalue weighted by atomic mass is 32.1. The summed E-state index contributed by atoms with van der Waals surface area (Å²) in [5.41, 5.74) is 9.43. The SMILES string of the molecule is CCC(O)(CC)c1ccc(-c2c[c]sc2)c(CN)c1. The molecule has 0 aliphatic heterocycles. The van der Waals surface area contributed by atoms with Crippen molar-refractivity contribution in [2.45, 2.75) is 38.8 Å². The Morgan fingerprint density at radius 1 is 1.32 bits per heavy atom. The fraction of sp³-hybridized carbons (Fsp3) is 0.375. The molecule has 1 radical (unpaired) electrons. The molecule has 0 unspecified atom stereocenters. The summed E-state index contributed by atoms with van der Waals surface area (Å²) in [6.45, 7) is 4.49. The molecule has 0 aliphatic carbocycles. The molecule has 0 aliphatic rings. The van der Waals surface area contributed by atoms with E-state index in [2.05, 4.69) is 16.8 Å². The summed E-state index contributed by atoms with van der Waals surface area (Å²) in [6, 6.07) is 8.09. The normalized spacial score (nSPS) is 11.8. The van der Waals surface area contributed by atoms with Crippen LogP contribution in [0.3, 0.4) is 0 Å². The second kappa shape index (κ2) is 5.87. The van der Waals surface area contributed by atoms with Gasteiger partial charge in [-0.15, -0.1) is 11.3 Å². The molecule has 0 saturated heterocycles. The standard InChI is InChI=1S/C16H20NOS/c1-3-16(18,4-2)14-5-6-15(13(9-14)10-17)12-7-8-19-11-12/h5-7,9,11,18H,3-4,10,17H2,1-2H3. The van der Waals surface area contributed by atoms with Crippen LogP contribution in [0.1, 0.15) is 37.8 Å². The fourth-order valence-corrected chi connectivity index (χ4v) is 2.95. The van der Waals surface area contributed by atoms with Gasteiger partial charge in [-0.3, -0.25) is 0 Å². The van der Waals surface area contributed by atoms with Crippen LogP contribution in [-0.2, 0) is 12.1 Å². The first kappa shape index (κ1) is 14.3. The van der Waals surface area contributed by atoms with Gasteiger partial charge in [0.2, 0.25) is 0 Å². The zero-order valence-electron chi connectivity index (χ0n) is 11.4. The average molecular weight is 274 g/mol. The van der Waals surface area contributed by atoms with Crippen LogP contribution in [0.2, 0.25) is 0 Å². The van der Waals surface area contributed by atoms with Crippen LogP contribution in [0.15, 0.2) is 29.6 Å². The predicted octanol–water partition coefficient (Wildman–Crippen LogP) is 3.68. The molecule has 2 rings (SSSR count). The van der Waals surface area contributed by atoms with Gasteiger partial charge in [0, 0.05) is 11.9 Å². The van der Waals surface area contributed by atoms with E-state index in [9.17, 15) is 5.11 Å². The lowest BCUT2D eigenvalue weighted by Gasteiger charge is -2.27. The monoisotopic (exact) mass is 274 g/mol. The number of aliphatic hydroxyl groups is 1. The largest absolute Gasteiger partial charge is 0.385 e. The van der Waals surface area contributed by atoms with E-state index < -0.39 is 5.60 Å². The quantitative estimate of drug-likeness (QED) is 0.873. The summed E-state index contributed by atoms with van der Waals surface area (Å²) in [5.74, 6) is 0. The average Bonchev–Trinajstić information content (AvgIpc) is 2.99. The van der Waals surface area contributed by atoms with Gasteiger partial charge in [0.25, 0.3) is 0 Å². The van der Waals surface area contributed by atoms with Gasteiger partial charge in [0.1, 0.15) is 0 Å². The first-order valence-corrected chi connectivity index (χ1v) is 7.53. The van der Waals surface area contributed by atoms with Gasteiger partial charge in [-0.25, -0.2) is 0 Å². The minimum atomic E-state index is -0.747. The zero-order chi connectivity index (χ0) is 13.9. The van der Waals surface area contributed by atoms with Crippen LogP contribution >= 0.6 is 11.3 Å². The predicted molar refractivity (Wildman–Crippen MR) is 81.0 cm³/mol. The Morgan fingerprint density at radius 2 is 2.05 bits per heavy atom. The number of benzene rings is 1. The van der Waals surface area contributed by atoms with Crippen LogP contribution in [0.4, 0.5) is 0 Å². The lowest BCUT2D eigenvalue weighted by molar-refractivity contribution is 0.0283. The third-order valence-corrected chi connectivity index (χ3v) is 4.44. The molecule has 3 heteroatoms. The number of nitrogens with two attached hydrogens (primary N) is 1. The molecule has 0 spiro atoms. The van der Waals surface area contributed by atoms with E-state index in [1.54, 1.807) is 11.3 Å². The van der Waals surface area contributed by atoms with Crippen molar-refractivity contribution in [2.24, 2.45) is 5.73 Å². The molecule has 1 aromatic heterocycles. The molecule has 1 aromatic carbocycles. The third-order valence-electron chi connectivity index (χ3n) is 3.81. The van der Waals surface area contributed by atoms with Crippen LogP contribution in [0, 0.1) is 5.38 Å². The Bertz CT molecular complexity index is 530. The molecule has 0 amide bonds. The molecule has 0 atom stereocenters. The summed E-state index contributed by atoms with van der Waals surface area (Å²) in [7, 11) is 0. The Kier molecular flexibility index (Phi) is 4.40. The Balaban J connectivity index is 2.47. The van der Waals surface area contributed by atoms with Crippen molar-refractivity contribution in [3.8, 4) is 11.1 Å². The molecule has 2 nitrogen and oxygen atoms in total. The van der Waals surface area contributed by atoms with E-state index >= 15 is 0 Å². The summed E-state index contributed by atoms with van der Waals surface area (Å²) >= 11 is 1.56. The Hall–Kier alpha value is -1.16. The third kappa shape index (κ3) is 2.73. The van der Waals surface area contributed by atoms with Crippen LogP contribution < -0.4 is 5.73 Å². The minimum Gasteiger partial charge on any atom is -0.385 e. The summed E-state index contributed by atoms with van der Waals surface area (Å²) in [4.78, 5) is 0. The van der Waals surface area contributed by atoms with Crippen molar-refractivity contribution in [3.05, 3.63) is 46.2 Å². The van der Waals surface area contributed by atoms with Gasteiger partial charge >= 0.3 is 0 Å². The second-order valence-electron chi connectivity index (χ2n) is 4.77. The van der Waals surface area contributed by atoms with Crippen molar-refractivity contribution in [2.75, 3.05) is 0 Å². The first-order chi connectivity index (χ1) is 9.14. The van der Waals surface area contributed by atoms with Crippen LogP contribution in [0.25, 0.3) is 11.1 Å². The summed E-state index contributed by atoms with van der Waals surface area (Å²) in [5, 5.41) is 15.8. The second-order valence-corrected chi connectivity index (χ2v) is 5.48. The molecular weight excluding hydrogens is 254 g/mol. The minimum absolute atomic E-state index is 0.475. The maximum Gasteiger partial charge on any atom is 0.0891 e. The Labute approximate surface area is 118 Å². The molecule has 0 bridgehead atoms. The van der Waals surface area contributed by atoms with E-state index in [1.807, 2.05) is 32.0 Å². The fourth-order valence-electron chi connectivity index (χ4n) is 2.36. The van der Waals surface area contributed by atoms with Gasteiger partial charge < -0.3 is 10.8 Å². The number of hydrogen-bond donors (Lipinski definition) is 2. The van der Waals surface area contributed by atoms with E-state index in [1.165, 1.54) is 0 Å². The van der Waals surface area contributed by atoms with Crippen molar-refractivity contribution < 1.29 is 5.11 Å². The Morgan fingerprint density at radius 3 is 2.58 bits per heavy atom. The summed E-state index contributed by atoms with van der Waals surface area (Å²) in [6.07, 6.45) is 1.41. The number of rotatable bonds is 5. The lowest BCUT2D eigenvalue weighted by atomic mass is 9.86. The van der Waals surface area contributed by atoms with Gasteiger partial charge in [-0.1, -0.05) is 32.0 Å². The molecule has 101 valence electrons. The van der Waals surface area contributed by atoms with Gasteiger partial charge in [-0.2, -0.15) is 0 Å². The highest BCUT2D eigenvalue weighted by molar-refractivity contribution is 7.07. The smallest absolute Gasteiger partial charge is 0.0891 e. The molecule has 0 saturated carbocycles. The molecule has 1 heterocycles. The van der Waals surface area contributed by atoms with E-state index in [0.717, 1.165) is 22.3 Å². The van der Waals surface area contributed by atoms with Crippen molar-refractivity contribution >= 4 is 11.3 Å². The maximum atomic E-state index is 10.6. The van der Waals surface area contributed by atoms with Crippen molar-refractivity contribution in [1.29, 1.82) is 0 Å². The highest BCUT2D eigenvalue weighted by Gasteiger charge is 2.25. The molecule has 2 aromatic rings. The molecular formula is C16H20NOS. The summed E-state index contributed by atoms with van der Waals surface area (Å²) < 4.78 is 0. The van der Waals surface area contributed by atoms with E-state index in [4.69, 9.17) is 5.73 Å². The van der Waals surface area contributed by atoms with Gasteiger partial charge in [0.15, 0.2) is 0 Å². The zero-order valence-corrected chi connectivity index (χ0v) is 12.3.